The smallest absolute Gasteiger partial charge is 0.238 e. The molecule has 0 aromatic heterocycles. The molecule has 0 aliphatic rings. The summed E-state index contributed by atoms with van der Waals surface area (Å²) < 4.78 is 12.9. The van der Waals surface area contributed by atoms with Crippen molar-refractivity contribution in [2.75, 3.05) is 25.5 Å². The first kappa shape index (κ1) is 13.6. The fourth-order valence-corrected chi connectivity index (χ4v) is 1.57. The summed E-state index contributed by atoms with van der Waals surface area (Å²) in [5.41, 5.74) is 6.08. The third kappa shape index (κ3) is 5.42. The van der Waals surface area contributed by atoms with Crippen molar-refractivity contribution in [2.24, 2.45) is 5.73 Å². The topological polar surface area (TPSA) is 58.4 Å². The van der Waals surface area contributed by atoms with Crippen molar-refractivity contribution < 1.29 is 9.18 Å². The Labute approximate surface area is 101 Å². The second kappa shape index (κ2) is 6.32. The number of benzene rings is 1. The molecule has 0 spiro atoms. The molecule has 0 aliphatic carbocycles. The first-order valence-corrected chi connectivity index (χ1v) is 5.47. The number of carbonyl (C=O) groups is 1. The molecule has 0 saturated heterocycles. The molecule has 1 aromatic carbocycles. The molecule has 3 N–H and O–H groups in total. The fourth-order valence-electron chi connectivity index (χ4n) is 1.57. The maximum Gasteiger partial charge on any atom is 0.238 e. The standard InChI is InChI=1S/C12H18FN3O/c1-9(14)7-16(2)8-12(17)15-11-5-3-4-10(13)6-11/h3-6,9H,7-8,14H2,1-2H3,(H,15,17). The summed E-state index contributed by atoms with van der Waals surface area (Å²) >= 11 is 0. The molecule has 1 atom stereocenters. The van der Waals surface area contributed by atoms with Crippen molar-refractivity contribution in [2.45, 2.75) is 13.0 Å². The second-order valence-electron chi connectivity index (χ2n) is 4.23. The number of likely N-dealkylation sites (N-methyl/N-ethyl adjacent to an activating group) is 1. The van der Waals surface area contributed by atoms with Crippen LogP contribution in [-0.2, 0) is 4.79 Å². The maximum absolute atomic E-state index is 12.9. The van der Waals surface area contributed by atoms with Gasteiger partial charge in [-0.05, 0) is 32.2 Å². The van der Waals surface area contributed by atoms with Gasteiger partial charge in [0.2, 0.25) is 5.91 Å². The molecule has 5 heteroatoms. The van der Waals surface area contributed by atoms with Crippen LogP contribution < -0.4 is 11.1 Å². The number of nitrogens with zero attached hydrogens (tertiary/aromatic N) is 1. The van der Waals surface area contributed by atoms with Gasteiger partial charge in [0.25, 0.3) is 0 Å². The lowest BCUT2D eigenvalue weighted by molar-refractivity contribution is -0.117. The highest BCUT2D eigenvalue weighted by Gasteiger charge is 2.08. The van der Waals surface area contributed by atoms with E-state index in [9.17, 15) is 9.18 Å². The van der Waals surface area contributed by atoms with E-state index < -0.39 is 0 Å². The van der Waals surface area contributed by atoms with Gasteiger partial charge in [-0.3, -0.25) is 9.69 Å². The molecular formula is C12H18FN3O. The van der Waals surface area contributed by atoms with E-state index in [1.54, 1.807) is 12.1 Å². The zero-order chi connectivity index (χ0) is 12.8. The lowest BCUT2D eigenvalue weighted by atomic mass is 10.3. The SMILES string of the molecule is CC(N)CN(C)CC(=O)Nc1cccc(F)c1. The van der Waals surface area contributed by atoms with Gasteiger partial charge < -0.3 is 11.1 Å². The normalized spacial score (nSPS) is 12.5. The van der Waals surface area contributed by atoms with E-state index in [4.69, 9.17) is 5.73 Å². The number of carbonyl (C=O) groups excluding carboxylic acids is 1. The van der Waals surface area contributed by atoms with Gasteiger partial charge in [-0.1, -0.05) is 6.07 Å². The number of hydrogen-bond donors (Lipinski definition) is 2. The first-order chi connectivity index (χ1) is 7.97. The van der Waals surface area contributed by atoms with Crippen LogP contribution in [0.25, 0.3) is 0 Å². The molecule has 1 rings (SSSR count). The Bertz CT molecular complexity index is 382. The average molecular weight is 239 g/mol. The van der Waals surface area contributed by atoms with Crippen LogP contribution in [0, 0.1) is 5.82 Å². The predicted octanol–water partition coefficient (Wildman–Crippen LogP) is 1.04. The van der Waals surface area contributed by atoms with E-state index >= 15 is 0 Å². The highest BCUT2D eigenvalue weighted by molar-refractivity contribution is 5.92. The van der Waals surface area contributed by atoms with Crippen LogP contribution in [0.5, 0.6) is 0 Å². The van der Waals surface area contributed by atoms with Gasteiger partial charge in [-0.2, -0.15) is 0 Å². The van der Waals surface area contributed by atoms with Gasteiger partial charge in [0.15, 0.2) is 0 Å². The number of halogens is 1. The third-order valence-electron chi connectivity index (χ3n) is 2.12. The molecule has 0 bridgehead atoms. The zero-order valence-electron chi connectivity index (χ0n) is 10.1. The van der Waals surface area contributed by atoms with Gasteiger partial charge >= 0.3 is 0 Å². The van der Waals surface area contributed by atoms with Crippen molar-refractivity contribution >= 4 is 11.6 Å². The van der Waals surface area contributed by atoms with E-state index in [1.165, 1.54) is 12.1 Å². The van der Waals surface area contributed by atoms with E-state index in [0.29, 0.717) is 12.2 Å². The summed E-state index contributed by atoms with van der Waals surface area (Å²) in [6, 6.07) is 5.83. The maximum atomic E-state index is 12.9. The van der Waals surface area contributed by atoms with Crippen LogP contribution in [0.3, 0.4) is 0 Å². The molecule has 4 nitrogen and oxygen atoms in total. The summed E-state index contributed by atoms with van der Waals surface area (Å²) in [5.74, 6) is -0.550. The fraction of sp³-hybridized carbons (Fsp3) is 0.417. The van der Waals surface area contributed by atoms with Gasteiger partial charge in [0.05, 0.1) is 6.54 Å². The number of anilines is 1. The molecule has 0 aliphatic heterocycles. The molecule has 1 amide bonds. The highest BCUT2D eigenvalue weighted by atomic mass is 19.1. The zero-order valence-corrected chi connectivity index (χ0v) is 10.1. The van der Waals surface area contributed by atoms with Crippen molar-refractivity contribution in [1.29, 1.82) is 0 Å². The molecule has 17 heavy (non-hydrogen) atoms. The third-order valence-corrected chi connectivity index (χ3v) is 2.12. The Hall–Kier alpha value is -1.46. The van der Waals surface area contributed by atoms with Gasteiger partial charge in [-0.15, -0.1) is 0 Å². The lowest BCUT2D eigenvalue weighted by Crippen LogP contribution is -2.37. The molecule has 0 fully saturated rings. The van der Waals surface area contributed by atoms with Crippen LogP contribution in [0.2, 0.25) is 0 Å². The van der Waals surface area contributed by atoms with E-state index in [-0.39, 0.29) is 24.3 Å². The van der Waals surface area contributed by atoms with Crippen molar-refractivity contribution in [3.63, 3.8) is 0 Å². The van der Waals surface area contributed by atoms with Crippen molar-refractivity contribution in [3.05, 3.63) is 30.1 Å². The summed E-state index contributed by atoms with van der Waals surface area (Å²) in [6.45, 7) is 2.75. The quantitative estimate of drug-likeness (QED) is 0.807. The van der Waals surface area contributed by atoms with Crippen LogP contribution in [0.1, 0.15) is 6.92 Å². The van der Waals surface area contributed by atoms with Crippen LogP contribution in [-0.4, -0.2) is 37.0 Å². The predicted molar refractivity (Wildman–Crippen MR) is 66.2 cm³/mol. The van der Waals surface area contributed by atoms with Crippen LogP contribution in [0.4, 0.5) is 10.1 Å². The molecule has 0 heterocycles. The highest BCUT2D eigenvalue weighted by Crippen LogP contribution is 2.08. The molecule has 0 radical (unpaired) electrons. The number of hydrogen-bond acceptors (Lipinski definition) is 3. The first-order valence-electron chi connectivity index (χ1n) is 5.47. The van der Waals surface area contributed by atoms with Gasteiger partial charge in [0, 0.05) is 18.3 Å². The molecule has 1 unspecified atom stereocenters. The Balaban J connectivity index is 2.44. The average Bonchev–Trinajstić information content (AvgIpc) is 2.14. The minimum absolute atomic E-state index is 0.0157. The van der Waals surface area contributed by atoms with E-state index in [0.717, 1.165) is 0 Å². The van der Waals surface area contributed by atoms with Crippen molar-refractivity contribution in [3.8, 4) is 0 Å². The second-order valence-corrected chi connectivity index (χ2v) is 4.23. The lowest BCUT2D eigenvalue weighted by Gasteiger charge is -2.18. The summed E-state index contributed by atoms with van der Waals surface area (Å²) in [7, 11) is 1.81. The summed E-state index contributed by atoms with van der Waals surface area (Å²) in [6.07, 6.45) is 0. The number of rotatable bonds is 5. The minimum atomic E-state index is -0.369. The van der Waals surface area contributed by atoms with Crippen LogP contribution in [0.15, 0.2) is 24.3 Å². The van der Waals surface area contributed by atoms with Crippen LogP contribution >= 0.6 is 0 Å². The molecule has 94 valence electrons. The van der Waals surface area contributed by atoms with E-state index in [1.807, 2.05) is 18.9 Å². The van der Waals surface area contributed by atoms with Crippen molar-refractivity contribution in [1.82, 2.24) is 4.90 Å². The monoisotopic (exact) mass is 239 g/mol. The van der Waals surface area contributed by atoms with Gasteiger partial charge in [0.1, 0.15) is 5.82 Å². The summed E-state index contributed by atoms with van der Waals surface area (Å²) in [4.78, 5) is 13.4. The Kier molecular flexibility index (Phi) is 5.06. The Morgan fingerprint density at radius 3 is 2.88 bits per heavy atom. The van der Waals surface area contributed by atoms with E-state index in [2.05, 4.69) is 5.32 Å². The number of nitrogens with two attached hydrogens (primary N) is 1. The largest absolute Gasteiger partial charge is 0.327 e. The minimum Gasteiger partial charge on any atom is -0.327 e. The molecule has 0 saturated carbocycles. The van der Waals surface area contributed by atoms with Gasteiger partial charge in [-0.25, -0.2) is 4.39 Å². The Morgan fingerprint density at radius 1 is 1.59 bits per heavy atom. The molecular weight excluding hydrogens is 221 g/mol. The Morgan fingerprint density at radius 2 is 2.29 bits per heavy atom. The number of amides is 1. The molecule has 1 aromatic rings. The summed E-state index contributed by atoms with van der Waals surface area (Å²) in [5, 5.41) is 2.63. The number of nitrogens with one attached hydrogen (secondary N) is 1.